The van der Waals surface area contributed by atoms with Gasteiger partial charge >= 0.3 is 0 Å². The lowest BCUT2D eigenvalue weighted by Gasteiger charge is -2.37. The molecule has 1 nitrogen and oxygen atoms in total. The Kier molecular flexibility index (Phi) is 3.92. The molecule has 0 atom stereocenters. The van der Waals surface area contributed by atoms with E-state index in [1.54, 1.807) is 11.3 Å². The summed E-state index contributed by atoms with van der Waals surface area (Å²) < 4.78 is 0.878. The van der Waals surface area contributed by atoms with Crippen LogP contribution in [0.15, 0.2) is 36.4 Å². The first-order chi connectivity index (χ1) is 9.22. The third-order valence-corrected chi connectivity index (χ3v) is 5.19. The van der Waals surface area contributed by atoms with Crippen molar-refractivity contribution in [2.45, 2.75) is 38.3 Å². The molecule has 0 radical (unpaired) electrons. The van der Waals surface area contributed by atoms with Gasteiger partial charge in [-0.1, -0.05) is 35.9 Å². The summed E-state index contributed by atoms with van der Waals surface area (Å²) in [6.07, 6.45) is 2.51. The summed E-state index contributed by atoms with van der Waals surface area (Å²) in [5.41, 5.74) is 2.95. The third kappa shape index (κ3) is 3.02. The zero-order valence-electron chi connectivity index (χ0n) is 11.0. The highest BCUT2D eigenvalue weighted by atomic mass is 35.5. The molecule has 0 amide bonds. The number of hydrogen-bond acceptors (Lipinski definition) is 2. The topological polar surface area (TPSA) is 12.0 Å². The Morgan fingerprint density at radius 1 is 1.21 bits per heavy atom. The lowest BCUT2D eigenvalue weighted by Crippen LogP contribution is -2.39. The molecule has 0 spiro atoms. The molecule has 19 heavy (non-hydrogen) atoms. The van der Waals surface area contributed by atoms with E-state index in [4.69, 9.17) is 11.6 Å². The van der Waals surface area contributed by atoms with Gasteiger partial charge in [0.15, 0.2) is 0 Å². The summed E-state index contributed by atoms with van der Waals surface area (Å²) in [4.78, 5) is 1.32. The van der Waals surface area contributed by atoms with Gasteiger partial charge < -0.3 is 5.32 Å². The lowest BCUT2D eigenvalue weighted by molar-refractivity contribution is 0.289. The molecule has 1 heterocycles. The van der Waals surface area contributed by atoms with Crippen molar-refractivity contribution in [2.24, 2.45) is 0 Å². The number of hydrogen-bond donors (Lipinski definition) is 1. The molecule has 100 valence electrons. The molecule has 0 bridgehead atoms. The van der Waals surface area contributed by atoms with Crippen LogP contribution in [0, 0.1) is 6.92 Å². The van der Waals surface area contributed by atoms with Gasteiger partial charge in [0.1, 0.15) is 0 Å². The minimum Gasteiger partial charge on any atom is -0.309 e. The average Bonchev–Trinajstić information content (AvgIpc) is 2.75. The number of rotatable bonds is 4. The second-order valence-electron chi connectivity index (χ2n) is 5.31. The van der Waals surface area contributed by atoms with Gasteiger partial charge in [-0.05, 0) is 48.9 Å². The number of halogens is 1. The van der Waals surface area contributed by atoms with Crippen LogP contribution in [-0.2, 0) is 6.54 Å². The van der Waals surface area contributed by atoms with Crippen molar-refractivity contribution < 1.29 is 0 Å². The number of nitrogens with one attached hydrogen (secondary N) is 1. The summed E-state index contributed by atoms with van der Waals surface area (Å²) in [6, 6.07) is 13.5. The van der Waals surface area contributed by atoms with Crippen molar-refractivity contribution in [1.29, 1.82) is 0 Å². The molecular weight excluding hydrogens is 274 g/mol. The van der Waals surface area contributed by atoms with E-state index in [1.165, 1.54) is 28.8 Å². The maximum absolute atomic E-state index is 5.93. The largest absolute Gasteiger partial charge is 0.309 e. The van der Waals surface area contributed by atoms with E-state index < -0.39 is 0 Å². The van der Waals surface area contributed by atoms with Gasteiger partial charge in [-0.25, -0.2) is 0 Å². The molecule has 3 heteroatoms. The van der Waals surface area contributed by atoms with Gasteiger partial charge in [0, 0.05) is 17.5 Å². The molecule has 1 aliphatic rings. The Bertz CT molecular complexity index is 557. The smallest absolute Gasteiger partial charge is 0.0931 e. The van der Waals surface area contributed by atoms with Crippen LogP contribution in [0.1, 0.15) is 34.8 Å². The van der Waals surface area contributed by atoms with E-state index in [2.05, 4.69) is 42.6 Å². The van der Waals surface area contributed by atoms with Crippen molar-refractivity contribution in [2.75, 3.05) is 0 Å². The van der Waals surface area contributed by atoms with Crippen LogP contribution >= 0.6 is 22.9 Å². The number of benzene rings is 1. The fourth-order valence-electron chi connectivity index (χ4n) is 2.77. The van der Waals surface area contributed by atoms with Gasteiger partial charge in [-0.15, -0.1) is 11.3 Å². The third-order valence-electron chi connectivity index (χ3n) is 3.96. The Morgan fingerprint density at radius 2 is 2.00 bits per heavy atom. The summed E-state index contributed by atoms with van der Waals surface area (Å²) in [6.45, 7) is 3.16. The zero-order valence-corrected chi connectivity index (χ0v) is 12.6. The van der Waals surface area contributed by atoms with Crippen LogP contribution in [0.25, 0.3) is 0 Å². The molecule has 0 saturated heterocycles. The Hall–Kier alpha value is -0.830. The summed E-state index contributed by atoms with van der Waals surface area (Å²) in [7, 11) is 0. The van der Waals surface area contributed by atoms with E-state index in [9.17, 15) is 0 Å². The van der Waals surface area contributed by atoms with Gasteiger partial charge in [0.05, 0.1) is 4.34 Å². The summed E-state index contributed by atoms with van der Waals surface area (Å²) in [5, 5.41) is 3.62. The molecule has 1 aliphatic carbocycles. The first kappa shape index (κ1) is 13.2. The van der Waals surface area contributed by atoms with Crippen molar-refractivity contribution in [3.05, 3.63) is 56.7 Å². The zero-order chi connectivity index (χ0) is 13.2. The van der Waals surface area contributed by atoms with E-state index in [1.807, 2.05) is 6.07 Å². The predicted octanol–water partition coefficient (Wildman–Crippen LogP) is 4.75. The molecule has 1 aromatic heterocycles. The number of aryl methyl sites for hydroxylation is 1. The first-order valence-electron chi connectivity index (χ1n) is 6.75. The second kappa shape index (κ2) is 5.66. The molecule has 0 aliphatic heterocycles. The molecule has 1 aromatic carbocycles. The summed E-state index contributed by atoms with van der Waals surface area (Å²) in [5.74, 6) is 0.741. The maximum atomic E-state index is 5.93. The van der Waals surface area contributed by atoms with Crippen LogP contribution < -0.4 is 5.32 Å². The number of thiophene rings is 1. The van der Waals surface area contributed by atoms with E-state index >= 15 is 0 Å². The molecule has 0 unspecified atom stereocenters. The molecule has 1 saturated carbocycles. The van der Waals surface area contributed by atoms with Gasteiger partial charge in [-0.2, -0.15) is 0 Å². The van der Waals surface area contributed by atoms with Crippen LogP contribution in [0.4, 0.5) is 0 Å². The molecule has 3 rings (SSSR count). The minimum absolute atomic E-state index is 0.658. The SMILES string of the molecule is Cc1ccccc1C1CC(NCc2ccc(Cl)s2)C1. The second-order valence-corrected chi connectivity index (χ2v) is 7.11. The van der Waals surface area contributed by atoms with Gasteiger partial charge in [0.2, 0.25) is 0 Å². The molecular formula is C16H18ClNS. The Morgan fingerprint density at radius 3 is 2.68 bits per heavy atom. The highest BCUT2D eigenvalue weighted by Gasteiger charge is 2.30. The van der Waals surface area contributed by atoms with Crippen LogP contribution in [0.3, 0.4) is 0 Å². The standard InChI is InChI=1S/C16H18ClNS/c1-11-4-2-3-5-15(11)12-8-13(9-12)18-10-14-6-7-16(17)19-14/h2-7,12-13,18H,8-10H2,1H3. The van der Waals surface area contributed by atoms with Gasteiger partial charge in [-0.3, -0.25) is 0 Å². The normalized spacial score (nSPS) is 22.2. The highest BCUT2D eigenvalue weighted by molar-refractivity contribution is 7.16. The van der Waals surface area contributed by atoms with Crippen molar-refractivity contribution in [1.82, 2.24) is 5.32 Å². The van der Waals surface area contributed by atoms with Crippen LogP contribution in [0.2, 0.25) is 4.34 Å². The fourth-order valence-corrected chi connectivity index (χ4v) is 3.81. The average molecular weight is 292 g/mol. The van der Waals surface area contributed by atoms with Gasteiger partial charge in [0.25, 0.3) is 0 Å². The van der Waals surface area contributed by atoms with Crippen LogP contribution in [0.5, 0.6) is 0 Å². The van der Waals surface area contributed by atoms with E-state index in [-0.39, 0.29) is 0 Å². The van der Waals surface area contributed by atoms with E-state index in [0.29, 0.717) is 6.04 Å². The van der Waals surface area contributed by atoms with Crippen LogP contribution in [-0.4, -0.2) is 6.04 Å². The fraction of sp³-hybridized carbons (Fsp3) is 0.375. The van der Waals surface area contributed by atoms with Crippen molar-refractivity contribution in [3.63, 3.8) is 0 Å². The maximum Gasteiger partial charge on any atom is 0.0931 e. The molecule has 2 aromatic rings. The monoisotopic (exact) mass is 291 g/mol. The first-order valence-corrected chi connectivity index (χ1v) is 7.95. The van der Waals surface area contributed by atoms with Crippen molar-refractivity contribution >= 4 is 22.9 Å². The molecule has 1 N–H and O–H groups in total. The van der Waals surface area contributed by atoms with Crippen molar-refractivity contribution in [3.8, 4) is 0 Å². The highest BCUT2D eigenvalue weighted by Crippen LogP contribution is 2.38. The molecule has 1 fully saturated rings. The minimum atomic E-state index is 0.658. The lowest BCUT2D eigenvalue weighted by atomic mass is 9.74. The van der Waals surface area contributed by atoms with E-state index in [0.717, 1.165) is 16.8 Å². The Labute approximate surface area is 123 Å². The summed E-state index contributed by atoms with van der Waals surface area (Å²) >= 11 is 7.60. The quantitative estimate of drug-likeness (QED) is 0.857. The Balaban J connectivity index is 1.49. The predicted molar refractivity (Wildman–Crippen MR) is 83.1 cm³/mol.